The van der Waals surface area contributed by atoms with Crippen LogP contribution >= 0.6 is 15.6 Å². The maximum atomic E-state index is 13.0. The number of aliphatic hydroxyl groups is 2. The highest BCUT2D eigenvalue weighted by Crippen LogP contribution is 2.45. The molecule has 664 valence electrons. The molecule has 5 unspecified atom stereocenters. The normalized spacial score (nSPS) is 14.8. The highest BCUT2D eigenvalue weighted by Gasteiger charge is 2.29. The van der Waals surface area contributed by atoms with Crippen molar-refractivity contribution < 1.29 is 75.8 Å². The van der Waals surface area contributed by atoms with E-state index in [4.69, 9.17) is 32.3 Å². The number of hydrogen-bond acceptors (Lipinski definition) is 14. The summed E-state index contributed by atoms with van der Waals surface area (Å²) in [5.41, 5.74) is 0. The van der Waals surface area contributed by atoms with E-state index in [0.717, 1.165) is 167 Å². The third-order valence-electron chi connectivity index (χ3n) is 18.5. The van der Waals surface area contributed by atoms with Gasteiger partial charge in [-0.1, -0.05) is 362 Å². The molecule has 0 amide bonds. The molecule has 0 aliphatic rings. The van der Waals surface area contributed by atoms with Crippen LogP contribution in [-0.4, -0.2) is 95.9 Å². The third kappa shape index (κ3) is 90.7. The maximum Gasteiger partial charge on any atom is 0.472 e. The van der Waals surface area contributed by atoms with Gasteiger partial charge in [0.25, 0.3) is 0 Å². The summed E-state index contributed by atoms with van der Waals surface area (Å²) in [7, 11) is -9.83. The molecular weight excluding hydrogens is 1510 g/mol. The molecule has 0 radical (unpaired) electrons. The lowest BCUT2D eigenvalue weighted by molar-refractivity contribution is -0.161. The average molecular weight is 1670 g/mol. The molecule has 18 heteroatoms. The van der Waals surface area contributed by atoms with E-state index < -0.39 is 91.5 Å². The Labute approximate surface area is 711 Å². The van der Waals surface area contributed by atoms with Gasteiger partial charge in [-0.15, -0.1) is 0 Å². The van der Waals surface area contributed by atoms with Crippen molar-refractivity contribution in [3.63, 3.8) is 0 Å². The number of carbonyl (C=O) groups excluding carboxylic acids is 3. The fourth-order valence-electron chi connectivity index (χ4n) is 11.7. The average Bonchev–Trinajstić information content (AvgIpc) is 0.900. The Morgan fingerprint density at radius 1 is 0.239 bits per heavy atom. The van der Waals surface area contributed by atoms with Gasteiger partial charge in [-0.2, -0.15) is 0 Å². The van der Waals surface area contributed by atoms with Crippen LogP contribution < -0.4 is 0 Å². The first-order valence-corrected chi connectivity index (χ1v) is 48.4. The fourth-order valence-corrected chi connectivity index (χ4v) is 13.3. The molecule has 0 aromatic carbocycles. The van der Waals surface area contributed by atoms with Crippen LogP contribution in [-0.2, 0) is 55.8 Å². The van der Waals surface area contributed by atoms with Crippen LogP contribution in [0.15, 0.2) is 207 Å². The second-order valence-corrected chi connectivity index (χ2v) is 32.5. The van der Waals surface area contributed by atoms with E-state index >= 15 is 0 Å². The summed E-state index contributed by atoms with van der Waals surface area (Å²) in [6.45, 7) is 2.29. The summed E-state index contributed by atoms with van der Waals surface area (Å²) in [5, 5.41) is 20.7. The van der Waals surface area contributed by atoms with E-state index in [1.807, 2.05) is 0 Å². The summed E-state index contributed by atoms with van der Waals surface area (Å²) in [5.74, 6) is -1.64. The Hall–Kier alpha value is -5.87. The molecule has 0 aromatic rings. The number of phosphoric ester groups is 2. The van der Waals surface area contributed by atoms with Crippen molar-refractivity contribution in [2.45, 2.75) is 360 Å². The first-order valence-electron chi connectivity index (χ1n) is 45.4. The second-order valence-electron chi connectivity index (χ2n) is 29.6. The van der Waals surface area contributed by atoms with Gasteiger partial charge in [-0.25, -0.2) is 9.13 Å². The van der Waals surface area contributed by atoms with Gasteiger partial charge in [0, 0.05) is 19.3 Å². The highest BCUT2D eigenvalue weighted by molar-refractivity contribution is 7.47. The molecule has 0 aliphatic heterocycles. The van der Waals surface area contributed by atoms with Crippen molar-refractivity contribution in [3.05, 3.63) is 207 Å². The number of allylic oxidation sites excluding steroid dienone is 34. The van der Waals surface area contributed by atoms with Gasteiger partial charge in [0.15, 0.2) is 6.10 Å². The summed E-state index contributed by atoms with van der Waals surface area (Å²) in [6.07, 6.45) is 120. The fraction of sp³-hybridized carbons (Fsp3) is 0.626. The third-order valence-corrected chi connectivity index (χ3v) is 20.4. The number of unbranched alkanes of at least 4 members (excludes halogenated alkanes) is 27. The Kier molecular flexibility index (Phi) is 84.9. The SMILES string of the molecule is CC/C=C\C/C=C\C/C=C\C/C=C\C/C=C\C/C=C\CCCCCCCCCCCCCCCCCCC(=O)OCC(O)COP(=O)(O)OCC(O)COP(=O)(O)OCC(COC(=O)CCCCCCCCCCC/C=C\C/C=C\C/C=C\C/C=C\C/C=C\CC)OC(=O)CCCC/C=C\C/C=C\C/C=C\C/C=C\C/C=C\C/C=C\CC. The number of aliphatic hydroxyl groups excluding tert-OH is 2. The molecule has 16 nitrogen and oxygen atoms in total. The van der Waals surface area contributed by atoms with Gasteiger partial charge in [-0.3, -0.25) is 32.5 Å². The van der Waals surface area contributed by atoms with Crippen LogP contribution in [0.25, 0.3) is 0 Å². The zero-order valence-corrected chi connectivity index (χ0v) is 74.8. The zero-order valence-electron chi connectivity index (χ0n) is 73.0. The molecule has 0 heterocycles. The minimum absolute atomic E-state index is 0.0410. The quantitative estimate of drug-likeness (QED) is 0.0146. The molecule has 117 heavy (non-hydrogen) atoms. The molecule has 0 aliphatic carbocycles. The molecule has 0 aromatic heterocycles. The van der Waals surface area contributed by atoms with E-state index in [-0.39, 0.29) is 19.3 Å². The standard InChI is InChI=1S/C99H162O16P2/c1-4-7-10-13-16-19-22-25-28-31-34-37-39-41-42-43-44-45-46-47-48-49-50-52-54-56-58-61-64-67-70-73-76-79-82-85-97(102)109-88-94(100)89-111-116(105,106)112-90-95(101)91-113-117(107,108)114-93-96(115-99(104)87-84-81-78-75-72-69-66-63-60-55-36-33-30-27-24-21-18-15-12-9-6-3)92-110-98(103)86-83-80-77-74-71-68-65-62-59-57-53-51-40-38-35-32-29-26-23-20-17-14-11-8-5-2/h7-12,16-21,25-30,34-38,41-42,44-45,51,53,55,63,66,72,75,94-96,100-101H,4-6,13-15,22-24,31-33,39-40,43,46-50,52,54,56-62,64-65,67-71,73-74,76-93H2,1-3H3,(H,105,106)(H,107,108)/b10-7-,11-8-,12-9-,19-16-,20-17-,21-18-,28-25-,29-26-,30-27-,37-34-,38-35-,42-41-,45-44-,53-51-,55-36-,66-63-,75-72-. The van der Waals surface area contributed by atoms with Crippen molar-refractivity contribution in [2.24, 2.45) is 0 Å². The van der Waals surface area contributed by atoms with Crippen molar-refractivity contribution in [2.75, 3.05) is 39.6 Å². The highest BCUT2D eigenvalue weighted by atomic mass is 31.2. The number of esters is 3. The van der Waals surface area contributed by atoms with Gasteiger partial charge in [0.1, 0.15) is 25.4 Å². The van der Waals surface area contributed by atoms with Gasteiger partial charge < -0.3 is 34.2 Å². The van der Waals surface area contributed by atoms with Gasteiger partial charge in [0.05, 0.1) is 26.4 Å². The van der Waals surface area contributed by atoms with Crippen molar-refractivity contribution in [3.8, 4) is 0 Å². The number of ether oxygens (including phenoxy) is 3. The zero-order chi connectivity index (χ0) is 85.1. The van der Waals surface area contributed by atoms with Crippen molar-refractivity contribution in [1.82, 2.24) is 0 Å². The molecular formula is C99H162O16P2. The van der Waals surface area contributed by atoms with Crippen LogP contribution in [0.3, 0.4) is 0 Å². The lowest BCUT2D eigenvalue weighted by Gasteiger charge is -2.21. The summed E-state index contributed by atoms with van der Waals surface area (Å²) >= 11 is 0. The van der Waals surface area contributed by atoms with E-state index in [1.54, 1.807) is 0 Å². The van der Waals surface area contributed by atoms with E-state index in [0.29, 0.717) is 25.7 Å². The molecule has 0 spiro atoms. The topological polar surface area (TPSA) is 231 Å². The monoisotopic (exact) mass is 1670 g/mol. The molecule has 0 fully saturated rings. The van der Waals surface area contributed by atoms with E-state index in [1.165, 1.54) is 109 Å². The maximum absolute atomic E-state index is 13.0. The lowest BCUT2D eigenvalue weighted by atomic mass is 10.0. The Balaban J connectivity index is 4.59. The molecule has 4 N–H and O–H groups in total. The van der Waals surface area contributed by atoms with Gasteiger partial charge in [-0.05, 0) is 167 Å². The second kappa shape index (κ2) is 89.4. The molecule has 0 saturated carbocycles. The number of hydrogen-bond donors (Lipinski definition) is 4. The molecule has 0 saturated heterocycles. The van der Waals surface area contributed by atoms with Crippen molar-refractivity contribution >= 4 is 33.6 Å². The van der Waals surface area contributed by atoms with Gasteiger partial charge in [0.2, 0.25) is 0 Å². The predicted octanol–water partition coefficient (Wildman–Crippen LogP) is 28.0. The molecule has 0 rings (SSSR count). The van der Waals surface area contributed by atoms with E-state index in [9.17, 15) is 43.5 Å². The Bertz CT molecular complexity index is 2960. The minimum Gasteiger partial charge on any atom is -0.463 e. The van der Waals surface area contributed by atoms with Crippen LogP contribution in [0.5, 0.6) is 0 Å². The first-order chi connectivity index (χ1) is 57.2. The summed E-state index contributed by atoms with van der Waals surface area (Å²) in [4.78, 5) is 58.9. The first kappa shape index (κ1) is 111. The largest absolute Gasteiger partial charge is 0.472 e. The number of rotatable bonds is 84. The number of carbonyl (C=O) groups is 3. The lowest BCUT2D eigenvalue weighted by Crippen LogP contribution is -2.30. The summed E-state index contributed by atoms with van der Waals surface area (Å²) < 4.78 is 61.4. The molecule has 0 bridgehead atoms. The Morgan fingerprint density at radius 3 is 0.692 bits per heavy atom. The predicted molar refractivity (Wildman–Crippen MR) is 491 cm³/mol. The van der Waals surface area contributed by atoms with Crippen LogP contribution in [0.4, 0.5) is 0 Å². The molecule has 5 atom stereocenters. The number of phosphoric acid groups is 2. The van der Waals surface area contributed by atoms with Crippen molar-refractivity contribution in [1.29, 1.82) is 0 Å². The smallest absolute Gasteiger partial charge is 0.463 e. The minimum atomic E-state index is -4.96. The van der Waals surface area contributed by atoms with Crippen LogP contribution in [0.1, 0.15) is 342 Å². The Morgan fingerprint density at radius 2 is 0.427 bits per heavy atom. The van der Waals surface area contributed by atoms with Crippen LogP contribution in [0, 0.1) is 0 Å². The summed E-state index contributed by atoms with van der Waals surface area (Å²) in [6, 6.07) is 0. The van der Waals surface area contributed by atoms with E-state index in [2.05, 4.69) is 227 Å². The van der Waals surface area contributed by atoms with Gasteiger partial charge >= 0.3 is 33.6 Å². The van der Waals surface area contributed by atoms with Crippen LogP contribution in [0.2, 0.25) is 0 Å².